The van der Waals surface area contributed by atoms with Crippen molar-refractivity contribution in [2.45, 2.75) is 18.6 Å². The number of carbonyl (C=O) groups excluding carboxylic acids is 1. The number of thioether (sulfide) groups is 1. The summed E-state index contributed by atoms with van der Waals surface area (Å²) in [7, 11) is 3.43. The predicted molar refractivity (Wildman–Crippen MR) is 133 cm³/mol. The van der Waals surface area contributed by atoms with Gasteiger partial charge in [0.1, 0.15) is 11.4 Å². The van der Waals surface area contributed by atoms with Crippen LogP contribution in [0.2, 0.25) is 0 Å². The van der Waals surface area contributed by atoms with Gasteiger partial charge in [-0.15, -0.1) is 0 Å². The number of aryl methyl sites for hydroxylation is 2. The Morgan fingerprint density at radius 2 is 2.09 bits per heavy atom. The number of rotatable bonds is 4. The van der Waals surface area contributed by atoms with Gasteiger partial charge in [0.2, 0.25) is 0 Å². The van der Waals surface area contributed by atoms with E-state index in [1.54, 1.807) is 11.7 Å². The average molecular weight is 463 g/mol. The number of hydrogen-bond donors (Lipinski definition) is 2. The van der Waals surface area contributed by atoms with Crippen LogP contribution in [-0.4, -0.2) is 62.4 Å². The maximum atomic E-state index is 12.8. The largest absolute Gasteiger partial charge is 0.507 e. The van der Waals surface area contributed by atoms with Crippen molar-refractivity contribution in [3.63, 3.8) is 0 Å². The third-order valence-corrected chi connectivity index (χ3v) is 7.38. The summed E-state index contributed by atoms with van der Waals surface area (Å²) in [4.78, 5) is 24.5. The number of carbonyl (C=O) groups is 1. The van der Waals surface area contributed by atoms with E-state index in [2.05, 4.69) is 26.6 Å². The molecule has 0 spiro atoms. The first kappa shape index (κ1) is 21.5. The monoisotopic (exact) mass is 462 g/mol. The fourth-order valence-corrected chi connectivity index (χ4v) is 5.16. The summed E-state index contributed by atoms with van der Waals surface area (Å²) in [5.74, 6) is 0.0897. The molecule has 1 aliphatic heterocycles. The van der Waals surface area contributed by atoms with Gasteiger partial charge in [-0.1, -0.05) is 0 Å². The number of phenolic OH excluding ortho intramolecular Hbond substituents is 1. The zero-order valence-corrected chi connectivity index (χ0v) is 19.9. The van der Waals surface area contributed by atoms with E-state index in [1.165, 1.54) is 0 Å². The van der Waals surface area contributed by atoms with Crippen molar-refractivity contribution in [2.75, 3.05) is 31.3 Å². The lowest BCUT2D eigenvalue weighted by Crippen LogP contribution is -2.22. The van der Waals surface area contributed by atoms with Crippen molar-refractivity contribution in [3.8, 4) is 17.1 Å². The second-order valence-electron chi connectivity index (χ2n) is 8.41. The van der Waals surface area contributed by atoms with Crippen molar-refractivity contribution < 1.29 is 9.90 Å². The molecule has 1 aliphatic rings. The number of hydrogen-bond acceptors (Lipinski definition) is 7. The smallest absolute Gasteiger partial charge is 0.270 e. The molecule has 9 heteroatoms. The molecule has 4 aromatic rings. The van der Waals surface area contributed by atoms with Crippen molar-refractivity contribution >= 4 is 45.2 Å². The van der Waals surface area contributed by atoms with Crippen LogP contribution in [0.1, 0.15) is 22.5 Å². The highest BCUT2D eigenvalue weighted by molar-refractivity contribution is 7.99. The van der Waals surface area contributed by atoms with Crippen LogP contribution in [0.25, 0.3) is 33.2 Å². The van der Waals surface area contributed by atoms with Crippen molar-refractivity contribution in [2.24, 2.45) is 7.05 Å². The van der Waals surface area contributed by atoms with Gasteiger partial charge in [-0.2, -0.15) is 16.9 Å². The molecule has 5 rings (SSSR count). The normalized spacial score (nSPS) is 16.1. The molecule has 1 amide bonds. The fraction of sp³-hybridized carbons (Fsp3) is 0.333. The van der Waals surface area contributed by atoms with Crippen molar-refractivity contribution in [1.29, 1.82) is 0 Å². The number of aromatic nitrogens is 4. The van der Waals surface area contributed by atoms with Crippen LogP contribution < -0.4 is 10.2 Å². The molecule has 2 N–H and O–H groups in total. The van der Waals surface area contributed by atoms with Gasteiger partial charge in [0.15, 0.2) is 5.82 Å². The highest BCUT2D eigenvalue weighted by Gasteiger charge is 2.24. The van der Waals surface area contributed by atoms with Gasteiger partial charge < -0.3 is 15.3 Å². The molecule has 2 aromatic heterocycles. The predicted octanol–water partition coefficient (Wildman–Crippen LogP) is 3.50. The molecule has 33 heavy (non-hydrogen) atoms. The molecule has 0 bridgehead atoms. The summed E-state index contributed by atoms with van der Waals surface area (Å²) in [6.45, 7) is 3.79. The Labute approximate surface area is 196 Å². The third-order valence-electron chi connectivity index (χ3n) is 6.33. The number of nitrogens with one attached hydrogen (secondary N) is 1. The molecule has 1 atom stereocenters. The second-order valence-corrected chi connectivity index (χ2v) is 9.55. The van der Waals surface area contributed by atoms with Crippen molar-refractivity contribution in [1.82, 2.24) is 25.1 Å². The molecule has 0 radical (unpaired) electrons. The third kappa shape index (κ3) is 3.66. The molecule has 3 heterocycles. The first-order valence-corrected chi connectivity index (χ1v) is 12.2. The number of aromatic hydroxyl groups is 1. The molecule has 1 unspecified atom stereocenters. The second kappa shape index (κ2) is 8.22. The topological polar surface area (TPSA) is 96.2 Å². The summed E-state index contributed by atoms with van der Waals surface area (Å²) in [6.07, 6.45) is 5.18. The van der Waals surface area contributed by atoms with E-state index in [9.17, 15) is 9.90 Å². The van der Waals surface area contributed by atoms with E-state index in [-0.39, 0.29) is 11.7 Å². The molecular weight excluding hydrogens is 436 g/mol. The lowest BCUT2D eigenvalue weighted by atomic mass is 10.0. The lowest BCUT2D eigenvalue weighted by molar-refractivity contribution is 0.0960. The Morgan fingerprint density at radius 1 is 1.27 bits per heavy atom. The average Bonchev–Trinajstić information content (AvgIpc) is 3.46. The number of phenols is 1. The zero-order valence-electron chi connectivity index (χ0n) is 19.1. The van der Waals surface area contributed by atoms with Crippen LogP contribution in [0.3, 0.4) is 0 Å². The Balaban J connectivity index is 1.67. The molecule has 8 nitrogen and oxygen atoms in total. The molecule has 1 fully saturated rings. The molecule has 0 saturated carbocycles. The fourth-order valence-electron chi connectivity index (χ4n) is 4.49. The van der Waals surface area contributed by atoms with Crippen molar-refractivity contribution in [3.05, 3.63) is 41.7 Å². The van der Waals surface area contributed by atoms with Gasteiger partial charge in [0, 0.05) is 60.7 Å². The van der Waals surface area contributed by atoms with E-state index in [4.69, 9.17) is 4.98 Å². The van der Waals surface area contributed by atoms with Crippen LogP contribution in [-0.2, 0) is 7.05 Å². The minimum Gasteiger partial charge on any atom is -0.507 e. The number of benzene rings is 2. The summed E-state index contributed by atoms with van der Waals surface area (Å²) in [5, 5.41) is 20.2. The summed E-state index contributed by atoms with van der Waals surface area (Å²) >= 11 is 1.89. The van der Waals surface area contributed by atoms with Gasteiger partial charge in [0.25, 0.3) is 5.91 Å². The maximum Gasteiger partial charge on any atom is 0.270 e. The van der Waals surface area contributed by atoms with Gasteiger partial charge in [-0.3, -0.25) is 9.48 Å². The maximum absolute atomic E-state index is 12.8. The van der Waals surface area contributed by atoms with E-state index in [0.29, 0.717) is 38.8 Å². The van der Waals surface area contributed by atoms with Gasteiger partial charge in [-0.05, 0) is 43.9 Å². The number of nitrogens with zero attached hydrogens (tertiary/aromatic N) is 5. The van der Waals surface area contributed by atoms with E-state index in [1.807, 2.05) is 56.2 Å². The van der Waals surface area contributed by atoms with E-state index >= 15 is 0 Å². The van der Waals surface area contributed by atoms with Gasteiger partial charge in [0.05, 0.1) is 16.6 Å². The molecule has 0 aliphatic carbocycles. The Morgan fingerprint density at radius 3 is 2.82 bits per heavy atom. The van der Waals surface area contributed by atoms with Crippen LogP contribution in [0, 0.1) is 6.92 Å². The van der Waals surface area contributed by atoms with Crippen LogP contribution >= 0.6 is 11.8 Å². The summed E-state index contributed by atoms with van der Waals surface area (Å²) in [6, 6.07) is 7.80. The van der Waals surface area contributed by atoms with E-state index < -0.39 is 0 Å². The highest BCUT2D eigenvalue weighted by atomic mass is 32.2. The number of anilines is 1. The Bertz CT molecular complexity index is 1400. The minimum absolute atomic E-state index is 0.0696. The SMILES string of the molecule is CNC(=O)c1nc(-c2cc3cn(C)nc3c(C)c2O)nc2ccc(N3CCC(SC)C3)cc12. The van der Waals surface area contributed by atoms with Crippen LogP contribution in [0.15, 0.2) is 30.5 Å². The summed E-state index contributed by atoms with van der Waals surface area (Å²) in [5.41, 5.74) is 3.88. The van der Waals surface area contributed by atoms with E-state index in [0.717, 1.165) is 36.1 Å². The number of amides is 1. The van der Waals surface area contributed by atoms with Crippen LogP contribution in [0.4, 0.5) is 5.69 Å². The minimum atomic E-state index is -0.289. The molecule has 2 aromatic carbocycles. The Hall–Kier alpha value is -3.33. The zero-order chi connectivity index (χ0) is 23.3. The quantitative estimate of drug-likeness (QED) is 0.479. The van der Waals surface area contributed by atoms with Gasteiger partial charge >= 0.3 is 0 Å². The molecule has 1 saturated heterocycles. The Kier molecular flexibility index (Phi) is 5.36. The number of fused-ring (bicyclic) bond motifs is 2. The standard InChI is InChI=1S/C24H26N6O2S/c1-13-20-14(11-29(3)28-20)9-18(22(13)31)23-26-19-6-5-15(30-8-7-16(12-30)33-4)10-17(19)21(27-23)24(32)25-2/h5-6,9-11,16,31H,7-8,12H2,1-4H3,(H,25,32). The summed E-state index contributed by atoms with van der Waals surface area (Å²) < 4.78 is 1.71. The van der Waals surface area contributed by atoms with Gasteiger partial charge in [-0.25, -0.2) is 9.97 Å². The first-order valence-electron chi connectivity index (χ1n) is 10.9. The van der Waals surface area contributed by atoms with Crippen LogP contribution in [0.5, 0.6) is 5.75 Å². The molecule has 170 valence electrons. The first-order chi connectivity index (χ1) is 15.9. The molecular formula is C24H26N6O2S. The highest BCUT2D eigenvalue weighted by Crippen LogP contribution is 2.37. The lowest BCUT2D eigenvalue weighted by Gasteiger charge is -2.19.